The highest BCUT2D eigenvalue weighted by atomic mass is 32.2. The molecule has 2 rings (SSSR count). The quantitative estimate of drug-likeness (QED) is 0.612. The Hall–Kier alpha value is -1.55. The van der Waals surface area contributed by atoms with Gasteiger partial charge in [-0.05, 0) is 17.2 Å². The number of nitrogens with zero attached hydrogens (tertiary/aromatic N) is 1. The Morgan fingerprint density at radius 1 is 1.33 bits per heavy atom. The van der Waals surface area contributed by atoms with Crippen LogP contribution in [0.1, 0.15) is 17.4 Å². The fourth-order valence-electron chi connectivity index (χ4n) is 1.69. The zero-order chi connectivity index (χ0) is 12.8. The first-order valence-electron chi connectivity index (χ1n) is 5.91. The minimum Gasteiger partial charge on any atom is -0.460 e. The van der Waals surface area contributed by atoms with Gasteiger partial charge in [0.15, 0.2) is 5.69 Å². The molecular formula is C14H15NO2S. The van der Waals surface area contributed by atoms with E-state index in [2.05, 4.69) is 11.9 Å². The molecule has 1 aromatic carbocycles. The average molecular weight is 261 g/mol. The number of hydrogen-bond donors (Lipinski definition) is 0. The van der Waals surface area contributed by atoms with Crippen LogP contribution in [0, 0.1) is 0 Å². The Morgan fingerprint density at radius 2 is 2.17 bits per heavy atom. The van der Waals surface area contributed by atoms with Crippen LogP contribution in [0.5, 0.6) is 0 Å². The Balaban J connectivity index is 2.13. The molecule has 0 atom stereocenters. The number of esters is 1. The molecule has 2 aromatic rings. The van der Waals surface area contributed by atoms with Gasteiger partial charge in [0.05, 0.1) is 0 Å². The summed E-state index contributed by atoms with van der Waals surface area (Å²) in [7, 11) is 0. The fourth-order valence-corrected chi connectivity index (χ4v) is 2.18. The number of pyridine rings is 1. The molecule has 0 saturated carbocycles. The van der Waals surface area contributed by atoms with Gasteiger partial charge in [-0.25, -0.2) is 9.78 Å². The Labute approximate surface area is 111 Å². The first-order chi connectivity index (χ1) is 8.83. The van der Waals surface area contributed by atoms with E-state index >= 15 is 0 Å². The number of carbonyl (C=O) groups excluding carboxylic acids is 1. The minimum atomic E-state index is -0.344. The first kappa shape index (κ1) is 12.9. The van der Waals surface area contributed by atoms with Gasteiger partial charge in [0, 0.05) is 17.3 Å². The number of aromatic nitrogens is 1. The lowest BCUT2D eigenvalue weighted by Crippen LogP contribution is -2.10. The minimum absolute atomic E-state index is 0.344. The van der Waals surface area contributed by atoms with Gasteiger partial charge in [0.1, 0.15) is 6.61 Å². The fraction of sp³-hybridized carbons (Fsp3) is 0.286. The van der Waals surface area contributed by atoms with Crippen molar-refractivity contribution in [3.63, 3.8) is 0 Å². The van der Waals surface area contributed by atoms with E-state index in [1.165, 1.54) is 0 Å². The van der Waals surface area contributed by atoms with E-state index in [1.54, 1.807) is 18.0 Å². The first-order valence-corrected chi connectivity index (χ1v) is 7.07. The van der Waals surface area contributed by atoms with Crippen LogP contribution in [0.15, 0.2) is 36.5 Å². The van der Waals surface area contributed by atoms with Crippen molar-refractivity contribution in [2.45, 2.75) is 6.92 Å². The van der Waals surface area contributed by atoms with Crippen LogP contribution >= 0.6 is 11.8 Å². The maximum atomic E-state index is 11.9. The van der Waals surface area contributed by atoms with E-state index in [9.17, 15) is 4.79 Å². The van der Waals surface area contributed by atoms with E-state index in [0.717, 1.165) is 22.3 Å². The number of thioether (sulfide) groups is 1. The summed E-state index contributed by atoms with van der Waals surface area (Å²) in [6.45, 7) is 2.51. The van der Waals surface area contributed by atoms with E-state index in [0.29, 0.717) is 12.3 Å². The zero-order valence-corrected chi connectivity index (χ0v) is 11.1. The molecule has 0 radical (unpaired) electrons. The van der Waals surface area contributed by atoms with Crippen molar-refractivity contribution in [3.05, 3.63) is 42.2 Å². The molecule has 0 unspecified atom stereocenters. The summed E-state index contributed by atoms with van der Waals surface area (Å²) < 4.78 is 5.22. The number of rotatable bonds is 5. The van der Waals surface area contributed by atoms with E-state index in [4.69, 9.17) is 4.74 Å². The SMILES string of the molecule is CCSCCOC(=O)c1nccc2ccccc12. The molecule has 3 nitrogen and oxygen atoms in total. The van der Waals surface area contributed by atoms with Gasteiger partial charge in [-0.1, -0.05) is 31.2 Å². The summed E-state index contributed by atoms with van der Waals surface area (Å²) in [5, 5.41) is 1.84. The second-order valence-corrected chi connectivity index (χ2v) is 5.11. The van der Waals surface area contributed by atoms with E-state index in [1.807, 2.05) is 30.3 Å². The third-order valence-corrected chi connectivity index (χ3v) is 3.40. The molecule has 0 amide bonds. The molecule has 0 fully saturated rings. The predicted molar refractivity (Wildman–Crippen MR) is 75.0 cm³/mol. The van der Waals surface area contributed by atoms with Crippen molar-refractivity contribution < 1.29 is 9.53 Å². The molecule has 4 heteroatoms. The van der Waals surface area contributed by atoms with Gasteiger partial charge in [0.2, 0.25) is 0 Å². The number of carbonyl (C=O) groups is 1. The predicted octanol–water partition coefficient (Wildman–Crippen LogP) is 3.14. The Kier molecular flexibility index (Phi) is 4.59. The van der Waals surface area contributed by atoms with Gasteiger partial charge < -0.3 is 4.74 Å². The van der Waals surface area contributed by atoms with Crippen LogP contribution in [0.25, 0.3) is 10.8 Å². The number of fused-ring (bicyclic) bond motifs is 1. The highest BCUT2D eigenvalue weighted by molar-refractivity contribution is 7.99. The smallest absolute Gasteiger partial charge is 0.357 e. The molecular weight excluding hydrogens is 246 g/mol. The lowest BCUT2D eigenvalue weighted by Gasteiger charge is -2.06. The molecule has 1 heterocycles. The molecule has 1 aromatic heterocycles. The van der Waals surface area contributed by atoms with E-state index in [-0.39, 0.29) is 5.97 Å². The molecule has 94 valence electrons. The number of hydrogen-bond acceptors (Lipinski definition) is 4. The Bertz CT molecular complexity index is 537. The monoisotopic (exact) mass is 261 g/mol. The van der Waals surface area contributed by atoms with Crippen molar-refractivity contribution in [1.29, 1.82) is 0 Å². The van der Waals surface area contributed by atoms with Crippen LogP contribution in [-0.4, -0.2) is 29.1 Å². The van der Waals surface area contributed by atoms with Crippen molar-refractivity contribution in [2.75, 3.05) is 18.1 Å². The third kappa shape index (κ3) is 3.01. The summed E-state index contributed by atoms with van der Waals surface area (Å²) >= 11 is 1.75. The molecule has 0 saturated heterocycles. The molecule has 0 aliphatic rings. The molecule has 0 aliphatic carbocycles. The largest absolute Gasteiger partial charge is 0.460 e. The molecule has 18 heavy (non-hydrogen) atoms. The number of benzene rings is 1. The van der Waals surface area contributed by atoms with Crippen molar-refractivity contribution in [3.8, 4) is 0 Å². The molecule has 0 spiro atoms. The molecule has 0 aliphatic heterocycles. The third-order valence-electron chi connectivity index (χ3n) is 2.53. The van der Waals surface area contributed by atoms with Crippen LogP contribution in [-0.2, 0) is 4.74 Å². The summed E-state index contributed by atoms with van der Waals surface area (Å²) in [5.74, 6) is 1.51. The topological polar surface area (TPSA) is 39.2 Å². The van der Waals surface area contributed by atoms with Crippen LogP contribution in [0.2, 0.25) is 0 Å². The standard InChI is InChI=1S/C14H15NO2S/c1-2-18-10-9-17-14(16)13-12-6-4-3-5-11(12)7-8-15-13/h3-8H,2,9-10H2,1H3. The molecule has 0 bridgehead atoms. The van der Waals surface area contributed by atoms with Crippen molar-refractivity contribution in [2.24, 2.45) is 0 Å². The van der Waals surface area contributed by atoms with Gasteiger partial charge in [0.25, 0.3) is 0 Å². The average Bonchev–Trinajstić information content (AvgIpc) is 2.43. The van der Waals surface area contributed by atoms with Crippen molar-refractivity contribution >= 4 is 28.5 Å². The normalized spacial score (nSPS) is 10.5. The zero-order valence-electron chi connectivity index (χ0n) is 10.3. The lowest BCUT2D eigenvalue weighted by atomic mass is 10.1. The second kappa shape index (κ2) is 6.40. The molecule has 0 N–H and O–H groups in total. The number of ether oxygens (including phenoxy) is 1. The van der Waals surface area contributed by atoms with Gasteiger partial charge >= 0.3 is 5.97 Å². The van der Waals surface area contributed by atoms with Gasteiger partial charge in [-0.15, -0.1) is 0 Å². The summed E-state index contributed by atoms with van der Waals surface area (Å²) in [5.41, 5.74) is 0.398. The summed E-state index contributed by atoms with van der Waals surface area (Å²) in [4.78, 5) is 16.1. The van der Waals surface area contributed by atoms with E-state index < -0.39 is 0 Å². The van der Waals surface area contributed by atoms with Gasteiger partial charge in [-0.2, -0.15) is 11.8 Å². The summed E-state index contributed by atoms with van der Waals surface area (Å²) in [6, 6.07) is 9.57. The van der Waals surface area contributed by atoms with Gasteiger partial charge in [-0.3, -0.25) is 0 Å². The second-order valence-electron chi connectivity index (χ2n) is 3.71. The van der Waals surface area contributed by atoms with Crippen LogP contribution in [0.4, 0.5) is 0 Å². The van der Waals surface area contributed by atoms with Crippen LogP contribution < -0.4 is 0 Å². The van der Waals surface area contributed by atoms with Crippen molar-refractivity contribution in [1.82, 2.24) is 4.98 Å². The van der Waals surface area contributed by atoms with Crippen LogP contribution in [0.3, 0.4) is 0 Å². The maximum Gasteiger partial charge on any atom is 0.357 e. The maximum absolute atomic E-state index is 11.9. The highest BCUT2D eigenvalue weighted by Crippen LogP contribution is 2.17. The highest BCUT2D eigenvalue weighted by Gasteiger charge is 2.12. The summed E-state index contributed by atoms with van der Waals surface area (Å²) in [6.07, 6.45) is 1.64. The Morgan fingerprint density at radius 3 is 3.00 bits per heavy atom. The lowest BCUT2D eigenvalue weighted by molar-refractivity contribution is 0.0526.